The van der Waals surface area contributed by atoms with E-state index in [9.17, 15) is 4.79 Å². The number of hydrogen-bond acceptors (Lipinski definition) is 4. The summed E-state index contributed by atoms with van der Waals surface area (Å²) >= 11 is 0. The summed E-state index contributed by atoms with van der Waals surface area (Å²) in [6.45, 7) is 0.987. The number of hydrogen-bond donors (Lipinski definition) is 2. The Bertz CT molecular complexity index is 520. The van der Waals surface area contributed by atoms with Gasteiger partial charge in [0.15, 0.2) is 0 Å². The number of nitrogens with zero attached hydrogens (tertiary/aromatic N) is 1. The van der Waals surface area contributed by atoms with Crippen LogP contribution < -0.4 is 11.1 Å². The van der Waals surface area contributed by atoms with Crippen LogP contribution in [0.5, 0.6) is 0 Å². The van der Waals surface area contributed by atoms with Crippen molar-refractivity contribution in [1.82, 2.24) is 4.90 Å². The first-order valence-corrected chi connectivity index (χ1v) is 5.98. The molecule has 2 aromatic rings. The van der Waals surface area contributed by atoms with Gasteiger partial charge in [-0.3, -0.25) is 9.69 Å². The molecule has 1 amide bonds. The number of rotatable bonds is 5. The molecule has 0 saturated heterocycles. The number of nitrogen functional groups attached to an aromatic ring is 1. The number of carbonyl (C=O) groups excluding carboxylic acids is 1. The number of furan rings is 1. The first-order chi connectivity index (χ1) is 9.13. The summed E-state index contributed by atoms with van der Waals surface area (Å²) in [6.07, 6.45) is 3.30. The third-order valence-electron chi connectivity index (χ3n) is 2.64. The normalized spacial score (nSPS) is 10.6. The molecule has 100 valence electrons. The van der Waals surface area contributed by atoms with E-state index >= 15 is 0 Å². The van der Waals surface area contributed by atoms with Crippen LogP contribution in [0.15, 0.2) is 47.3 Å². The topological polar surface area (TPSA) is 71.5 Å². The maximum atomic E-state index is 11.8. The van der Waals surface area contributed by atoms with Crippen molar-refractivity contribution >= 4 is 17.3 Å². The zero-order valence-corrected chi connectivity index (χ0v) is 10.8. The van der Waals surface area contributed by atoms with Crippen molar-refractivity contribution in [3.05, 3.63) is 48.4 Å². The number of likely N-dealkylation sites (N-methyl/N-ethyl adjacent to an activating group) is 1. The van der Waals surface area contributed by atoms with Gasteiger partial charge in [0.2, 0.25) is 5.91 Å². The maximum absolute atomic E-state index is 11.8. The monoisotopic (exact) mass is 259 g/mol. The molecule has 1 aromatic carbocycles. The maximum Gasteiger partial charge on any atom is 0.238 e. The van der Waals surface area contributed by atoms with E-state index in [-0.39, 0.29) is 5.91 Å². The van der Waals surface area contributed by atoms with Crippen LogP contribution in [0, 0.1) is 0 Å². The Morgan fingerprint density at radius 3 is 2.68 bits per heavy atom. The van der Waals surface area contributed by atoms with Gasteiger partial charge in [-0.1, -0.05) is 0 Å². The summed E-state index contributed by atoms with van der Waals surface area (Å²) in [5.74, 6) is -0.0595. The van der Waals surface area contributed by atoms with Crippen molar-refractivity contribution in [2.24, 2.45) is 0 Å². The third-order valence-corrected chi connectivity index (χ3v) is 2.64. The fourth-order valence-electron chi connectivity index (χ4n) is 1.76. The van der Waals surface area contributed by atoms with Crippen molar-refractivity contribution < 1.29 is 9.21 Å². The highest BCUT2D eigenvalue weighted by Crippen LogP contribution is 2.10. The molecule has 0 atom stereocenters. The molecular weight excluding hydrogens is 242 g/mol. The second kappa shape index (κ2) is 6.06. The molecule has 5 heteroatoms. The summed E-state index contributed by atoms with van der Waals surface area (Å²) in [5, 5.41) is 2.82. The molecule has 0 unspecified atom stereocenters. The van der Waals surface area contributed by atoms with E-state index < -0.39 is 0 Å². The van der Waals surface area contributed by atoms with Crippen molar-refractivity contribution in [1.29, 1.82) is 0 Å². The smallest absolute Gasteiger partial charge is 0.238 e. The summed E-state index contributed by atoms with van der Waals surface area (Å²) in [7, 11) is 1.88. The molecule has 0 saturated carbocycles. The van der Waals surface area contributed by atoms with Gasteiger partial charge >= 0.3 is 0 Å². The lowest BCUT2D eigenvalue weighted by molar-refractivity contribution is -0.117. The summed E-state index contributed by atoms with van der Waals surface area (Å²) in [4.78, 5) is 13.7. The molecule has 5 nitrogen and oxygen atoms in total. The van der Waals surface area contributed by atoms with E-state index in [1.54, 1.807) is 36.8 Å². The van der Waals surface area contributed by atoms with E-state index in [1.165, 1.54) is 0 Å². The second-order valence-electron chi connectivity index (χ2n) is 4.47. The average Bonchev–Trinajstić information content (AvgIpc) is 2.84. The summed E-state index contributed by atoms with van der Waals surface area (Å²) in [6, 6.07) is 8.95. The number of nitrogens with two attached hydrogens (primary N) is 1. The van der Waals surface area contributed by atoms with Gasteiger partial charge in [0, 0.05) is 23.5 Å². The van der Waals surface area contributed by atoms with E-state index in [2.05, 4.69) is 5.32 Å². The van der Waals surface area contributed by atoms with Crippen molar-refractivity contribution in [2.75, 3.05) is 24.6 Å². The SMILES string of the molecule is CN(CC(=O)Nc1ccc(N)cc1)Cc1ccoc1. The molecule has 0 spiro atoms. The van der Waals surface area contributed by atoms with Gasteiger partial charge in [-0.15, -0.1) is 0 Å². The minimum Gasteiger partial charge on any atom is -0.472 e. The van der Waals surface area contributed by atoms with Crippen LogP contribution in [0.1, 0.15) is 5.56 Å². The average molecular weight is 259 g/mol. The van der Waals surface area contributed by atoms with Crippen molar-refractivity contribution in [3.63, 3.8) is 0 Å². The molecule has 0 fully saturated rings. The Balaban J connectivity index is 1.82. The molecular formula is C14H17N3O2. The molecule has 0 bridgehead atoms. The highest BCUT2D eigenvalue weighted by atomic mass is 16.3. The minimum absolute atomic E-state index is 0.0595. The number of nitrogens with one attached hydrogen (secondary N) is 1. The lowest BCUT2D eigenvalue weighted by atomic mass is 10.3. The predicted octanol–water partition coefficient (Wildman–Crippen LogP) is 1.93. The fraction of sp³-hybridized carbons (Fsp3) is 0.214. The minimum atomic E-state index is -0.0595. The van der Waals surface area contributed by atoms with Gasteiger partial charge in [0.05, 0.1) is 19.1 Å². The number of carbonyl (C=O) groups is 1. The molecule has 19 heavy (non-hydrogen) atoms. The van der Waals surface area contributed by atoms with Gasteiger partial charge in [0.1, 0.15) is 0 Å². The van der Waals surface area contributed by atoms with E-state index in [4.69, 9.17) is 10.2 Å². The Labute approximate surface area is 112 Å². The van der Waals surface area contributed by atoms with Crippen LogP contribution in [-0.4, -0.2) is 24.4 Å². The van der Waals surface area contributed by atoms with Crippen LogP contribution in [-0.2, 0) is 11.3 Å². The highest BCUT2D eigenvalue weighted by Gasteiger charge is 2.08. The van der Waals surface area contributed by atoms with Crippen molar-refractivity contribution in [3.8, 4) is 0 Å². The number of anilines is 2. The van der Waals surface area contributed by atoms with Gasteiger partial charge in [-0.05, 0) is 37.4 Å². The first kappa shape index (κ1) is 13.2. The second-order valence-corrected chi connectivity index (χ2v) is 4.47. The van der Waals surface area contributed by atoms with Crippen molar-refractivity contribution in [2.45, 2.75) is 6.54 Å². The lowest BCUT2D eigenvalue weighted by Crippen LogP contribution is -2.29. The summed E-state index contributed by atoms with van der Waals surface area (Å²) < 4.78 is 4.99. The Morgan fingerprint density at radius 1 is 1.32 bits per heavy atom. The standard InChI is InChI=1S/C14H17N3O2/c1-17(8-11-6-7-19-10-11)9-14(18)16-13-4-2-12(15)3-5-13/h2-7,10H,8-9,15H2,1H3,(H,16,18). The van der Waals surface area contributed by atoms with E-state index in [0.717, 1.165) is 11.3 Å². The Hall–Kier alpha value is -2.27. The van der Waals surface area contributed by atoms with Crippen LogP contribution in [0.4, 0.5) is 11.4 Å². The van der Waals surface area contributed by atoms with Crippen LogP contribution in [0.25, 0.3) is 0 Å². The van der Waals surface area contributed by atoms with Gasteiger partial charge < -0.3 is 15.5 Å². The molecule has 0 radical (unpaired) electrons. The molecule has 2 rings (SSSR count). The Morgan fingerprint density at radius 2 is 2.05 bits per heavy atom. The largest absolute Gasteiger partial charge is 0.472 e. The highest BCUT2D eigenvalue weighted by molar-refractivity contribution is 5.92. The van der Waals surface area contributed by atoms with Gasteiger partial charge in [-0.25, -0.2) is 0 Å². The van der Waals surface area contributed by atoms with Crippen LogP contribution >= 0.6 is 0 Å². The van der Waals surface area contributed by atoms with Crippen LogP contribution in [0.3, 0.4) is 0 Å². The zero-order chi connectivity index (χ0) is 13.7. The van der Waals surface area contributed by atoms with Crippen LogP contribution in [0.2, 0.25) is 0 Å². The number of amides is 1. The summed E-state index contributed by atoms with van der Waals surface area (Å²) in [5.41, 5.74) is 8.05. The molecule has 1 heterocycles. The molecule has 3 N–H and O–H groups in total. The third kappa shape index (κ3) is 4.15. The van der Waals surface area contributed by atoms with Gasteiger partial charge in [-0.2, -0.15) is 0 Å². The molecule has 0 aliphatic heterocycles. The predicted molar refractivity (Wildman–Crippen MR) is 74.5 cm³/mol. The van der Waals surface area contributed by atoms with E-state index in [0.29, 0.717) is 18.8 Å². The van der Waals surface area contributed by atoms with E-state index in [1.807, 2.05) is 18.0 Å². The quantitative estimate of drug-likeness (QED) is 0.805. The molecule has 0 aliphatic carbocycles. The first-order valence-electron chi connectivity index (χ1n) is 5.98. The Kier molecular flexibility index (Phi) is 4.20. The zero-order valence-electron chi connectivity index (χ0n) is 10.8. The van der Waals surface area contributed by atoms with Gasteiger partial charge in [0.25, 0.3) is 0 Å². The molecule has 1 aromatic heterocycles. The number of benzene rings is 1. The lowest BCUT2D eigenvalue weighted by Gasteiger charge is -2.15. The molecule has 0 aliphatic rings. The fourth-order valence-corrected chi connectivity index (χ4v) is 1.76.